The van der Waals surface area contributed by atoms with Crippen molar-refractivity contribution < 1.29 is 14.3 Å². The molecule has 22 heavy (non-hydrogen) atoms. The van der Waals surface area contributed by atoms with Gasteiger partial charge in [-0.1, -0.05) is 0 Å². The van der Waals surface area contributed by atoms with Gasteiger partial charge < -0.3 is 10.1 Å². The highest BCUT2D eigenvalue weighted by Crippen LogP contribution is 2.17. The zero-order valence-corrected chi connectivity index (χ0v) is 11.8. The van der Waals surface area contributed by atoms with Crippen LogP contribution in [0.25, 0.3) is 10.9 Å². The molecule has 1 heterocycles. The molecular formula is C16H13N3O3. The lowest BCUT2D eigenvalue weighted by molar-refractivity contribution is 0.0600. The number of carbonyl (C=O) groups excluding carboxylic acids is 2. The van der Waals surface area contributed by atoms with Gasteiger partial charge in [-0.2, -0.15) is 5.10 Å². The summed E-state index contributed by atoms with van der Waals surface area (Å²) in [7, 11) is 1.31. The molecule has 3 aromatic rings. The fourth-order valence-corrected chi connectivity index (χ4v) is 2.09. The molecule has 0 spiro atoms. The van der Waals surface area contributed by atoms with Crippen LogP contribution in [-0.2, 0) is 4.74 Å². The SMILES string of the molecule is COC(=O)c1ccc(C(=O)Nc2ccc3cn[nH]c3c2)cc1. The average molecular weight is 295 g/mol. The number of aromatic nitrogens is 2. The van der Waals surface area contributed by atoms with Crippen LogP contribution in [0, 0.1) is 0 Å². The first-order valence-electron chi connectivity index (χ1n) is 6.60. The van der Waals surface area contributed by atoms with Crippen molar-refractivity contribution in [1.29, 1.82) is 0 Å². The van der Waals surface area contributed by atoms with Gasteiger partial charge in [0.1, 0.15) is 0 Å². The second-order valence-electron chi connectivity index (χ2n) is 4.70. The molecular weight excluding hydrogens is 282 g/mol. The van der Waals surface area contributed by atoms with E-state index in [-0.39, 0.29) is 5.91 Å². The van der Waals surface area contributed by atoms with Crippen molar-refractivity contribution in [2.75, 3.05) is 12.4 Å². The van der Waals surface area contributed by atoms with Crippen LogP contribution in [-0.4, -0.2) is 29.2 Å². The number of esters is 1. The molecule has 0 unspecified atom stereocenters. The zero-order chi connectivity index (χ0) is 15.5. The number of H-pyrrole nitrogens is 1. The number of nitrogens with zero attached hydrogens (tertiary/aromatic N) is 1. The number of hydrogen-bond donors (Lipinski definition) is 2. The molecule has 2 aromatic carbocycles. The highest BCUT2D eigenvalue weighted by Gasteiger charge is 2.09. The number of carbonyl (C=O) groups is 2. The molecule has 0 fully saturated rings. The molecule has 0 radical (unpaired) electrons. The van der Waals surface area contributed by atoms with Crippen molar-refractivity contribution in [3.63, 3.8) is 0 Å². The second kappa shape index (κ2) is 5.69. The van der Waals surface area contributed by atoms with Gasteiger partial charge in [-0.15, -0.1) is 0 Å². The molecule has 2 N–H and O–H groups in total. The summed E-state index contributed by atoms with van der Waals surface area (Å²) in [5.41, 5.74) is 2.37. The maximum absolute atomic E-state index is 12.2. The van der Waals surface area contributed by atoms with E-state index in [2.05, 4.69) is 20.3 Å². The van der Waals surface area contributed by atoms with E-state index in [0.717, 1.165) is 10.9 Å². The summed E-state index contributed by atoms with van der Waals surface area (Å²) in [6.07, 6.45) is 1.71. The molecule has 0 aliphatic rings. The number of fused-ring (bicyclic) bond motifs is 1. The first-order valence-corrected chi connectivity index (χ1v) is 6.60. The minimum atomic E-state index is -0.434. The van der Waals surface area contributed by atoms with E-state index < -0.39 is 5.97 Å². The van der Waals surface area contributed by atoms with Gasteiger partial charge in [-0.05, 0) is 42.5 Å². The number of nitrogens with one attached hydrogen (secondary N) is 2. The highest BCUT2D eigenvalue weighted by atomic mass is 16.5. The predicted octanol–water partition coefficient (Wildman–Crippen LogP) is 2.60. The van der Waals surface area contributed by atoms with E-state index in [0.29, 0.717) is 16.8 Å². The number of aromatic amines is 1. The van der Waals surface area contributed by atoms with Crippen LogP contribution in [0.1, 0.15) is 20.7 Å². The first kappa shape index (κ1) is 13.8. The second-order valence-corrected chi connectivity index (χ2v) is 4.70. The van der Waals surface area contributed by atoms with E-state index in [9.17, 15) is 9.59 Å². The average Bonchev–Trinajstić information content (AvgIpc) is 3.02. The number of methoxy groups -OCH3 is 1. The van der Waals surface area contributed by atoms with Crippen LogP contribution in [0.15, 0.2) is 48.7 Å². The molecule has 3 rings (SSSR count). The van der Waals surface area contributed by atoms with Crippen molar-refractivity contribution in [2.24, 2.45) is 0 Å². The van der Waals surface area contributed by atoms with Crippen LogP contribution in [0.3, 0.4) is 0 Å². The van der Waals surface area contributed by atoms with Crippen molar-refractivity contribution in [3.05, 3.63) is 59.8 Å². The van der Waals surface area contributed by atoms with E-state index in [1.807, 2.05) is 12.1 Å². The summed E-state index contributed by atoms with van der Waals surface area (Å²) in [6, 6.07) is 11.8. The maximum atomic E-state index is 12.2. The Hall–Kier alpha value is -3.15. The molecule has 0 aliphatic heterocycles. The summed E-state index contributed by atoms with van der Waals surface area (Å²) in [5, 5.41) is 10.6. The summed E-state index contributed by atoms with van der Waals surface area (Å²) < 4.78 is 4.62. The molecule has 110 valence electrons. The van der Waals surface area contributed by atoms with Gasteiger partial charge in [-0.25, -0.2) is 4.79 Å². The Morgan fingerprint density at radius 3 is 2.55 bits per heavy atom. The molecule has 6 nitrogen and oxygen atoms in total. The summed E-state index contributed by atoms with van der Waals surface area (Å²) >= 11 is 0. The standard InChI is InChI=1S/C16H13N3O3/c1-22-16(21)11-4-2-10(3-5-11)15(20)18-13-7-6-12-9-17-19-14(12)8-13/h2-9H,1H3,(H,17,19)(H,18,20). The number of ether oxygens (including phenoxy) is 1. The van der Waals surface area contributed by atoms with Gasteiger partial charge >= 0.3 is 5.97 Å². The Balaban J connectivity index is 1.77. The van der Waals surface area contributed by atoms with Crippen LogP contribution < -0.4 is 5.32 Å². The topological polar surface area (TPSA) is 84.1 Å². The van der Waals surface area contributed by atoms with Gasteiger partial charge in [0.2, 0.25) is 0 Å². The van der Waals surface area contributed by atoms with Crippen molar-refractivity contribution in [2.45, 2.75) is 0 Å². The normalized spacial score (nSPS) is 10.4. The Labute approximate surface area is 126 Å². The Morgan fingerprint density at radius 1 is 1.09 bits per heavy atom. The lowest BCUT2D eigenvalue weighted by Gasteiger charge is -2.06. The van der Waals surface area contributed by atoms with E-state index in [4.69, 9.17) is 0 Å². The quantitative estimate of drug-likeness (QED) is 0.727. The van der Waals surface area contributed by atoms with Crippen LogP contribution in [0.4, 0.5) is 5.69 Å². The monoisotopic (exact) mass is 295 g/mol. The summed E-state index contributed by atoms with van der Waals surface area (Å²) in [5.74, 6) is -0.688. The maximum Gasteiger partial charge on any atom is 0.337 e. The van der Waals surface area contributed by atoms with E-state index in [1.54, 1.807) is 36.5 Å². The third kappa shape index (κ3) is 2.67. The van der Waals surface area contributed by atoms with Crippen LogP contribution in [0.5, 0.6) is 0 Å². The zero-order valence-electron chi connectivity index (χ0n) is 11.8. The minimum Gasteiger partial charge on any atom is -0.465 e. The van der Waals surface area contributed by atoms with Crippen LogP contribution in [0.2, 0.25) is 0 Å². The molecule has 0 bridgehead atoms. The lowest BCUT2D eigenvalue weighted by Crippen LogP contribution is -2.12. The smallest absolute Gasteiger partial charge is 0.337 e. The third-order valence-corrected chi connectivity index (χ3v) is 3.27. The van der Waals surface area contributed by atoms with Gasteiger partial charge in [0.05, 0.1) is 24.4 Å². The summed E-state index contributed by atoms with van der Waals surface area (Å²) in [6.45, 7) is 0. The molecule has 0 saturated carbocycles. The summed E-state index contributed by atoms with van der Waals surface area (Å²) in [4.78, 5) is 23.5. The lowest BCUT2D eigenvalue weighted by atomic mass is 10.1. The number of amides is 1. The van der Waals surface area contributed by atoms with E-state index in [1.165, 1.54) is 7.11 Å². The van der Waals surface area contributed by atoms with Crippen molar-refractivity contribution >= 4 is 28.5 Å². The fraction of sp³-hybridized carbons (Fsp3) is 0.0625. The minimum absolute atomic E-state index is 0.254. The Kier molecular flexibility index (Phi) is 3.57. The molecule has 0 saturated heterocycles. The van der Waals surface area contributed by atoms with Crippen LogP contribution >= 0.6 is 0 Å². The Bertz CT molecular complexity index is 837. The van der Waals surface area contributed by atoms with Gasteiger partial charge in [0.25, 0.3) is 5.91 Å². The predicted molar refractivity (Wildman–Crippen MR) is 81.8 cm³/mol. The fourth-order valence-electron chi connectivity index (χ4n) is 2.09. The van der Waals surface area contributed by atoms with Crippen molar-refractivity contribution in [3.8, 4) is 0 Å². The Morgan fingerprint density at radius 2 is 1.82 bits per heavy atom. The van der Waals surface area contributed by atoms with E-state index >= 15 is 0 Å². The number of rotatable bonds is 3. The van der Waals surface area contributed by atoms with Gasteiger partial charge in [0.15, 0.2) is 0 Å². The molecule has 6 heteroatoms. The highest BCUT2D eigenvalue weighted by molar-refractivity contribution is 6.05. The molecule has 1 aromatic heterocycles. The number of benzene rings is 2. The molecule has 0 atom stereocenters. The number of anilines is 1. The van der Waals surface area contributed by atoms with Gasteiger partial charge in [0, 0.05) is 16.6 Å². The van der Waals surface area contributed by atoms with Gasteiger partial charge in [-0.3, -0.25) is 9.89 Å². The molecule has 0 aliphatic carbocycles. The number of hydrogen-bond acceptors (Lipinski definition) is 4. The molecule has 1 amide bonds. The third-order valence-electron chi connectivity index (χ3n) is 3.27. The van der Waals surface area contributed by atoms with Crippen molar-refractivity contribution in [1.82, 2.24) is 10.2 Å². The first-order chi connectivity index (χ1) is 10.7. The largest absolute Gasteiger partial charge is 0.465 e.